The minimum absolute atomic E-state index is 0.231. The molecule has 3 rings (SSSR count). The van der Waals surface area contributed by atoms with E-state index in [1.54, 1.807) is 0 Å². The topological polar surface area (TPSA) is 26.0 Å². The summed E-state index contributed by atoms with van der Waals surface area (Å²) in [6.45, 7) is 0. The Hall–Kier alpha value is -1.12. The van der Waals surface area contributed by atoms with Crippen molar-refractivity contribution in [2.75, 3.05) is 0 Å². The molecule has 0 fully saturated rings. The van der Waals surface area contributed by atoms with Crippen LogP contribution in [0.4, 0.5) is 0 Å². The van der Waals surface area contributed by atoms with Crippen LogP contribution in [-0.4, -0.2) is 0 Å². The van der Waals surface area contributed by atoms with Gasteiger partial charge in [-0.05, 0) is 54.2 Å². The number of thiophene rings is 1. The molecule has 0 saturated carbocycles. The van der Waals surface area contributed by atoms with E-state index in [1.807, 2.05) is 11.3 Å². The van der Waals surface area contributed by atoms with E-state index in [4.69, 9.17) is 5.73 Å². The van der Waals surface area contributed by atoms with Crippen LogP contribution in [0.5, 0.6) is 0 Å². The number of benzene rings is 1. The van der Waals surface area contributed by atoms with E-state index in [2.05, 4.69) is 41.8 Å². The van der Waals surface area contributed by atoms with Crippen LogP contribution in [0.25, 0.3) is 0 Å². The molecule has 94 valence electrons. The summed E-state index contributed by atoms with van der Waals surface area (Å²) in [5.74, 6) is 0.641. The molecule has 18 heavy (non-hydrogen) atoms. The summed E-state index contributed by atoms with van der Waals surface area (Å²) < 4.78 is 0. The minimum Gasteiger partial charge on any atom is -0.324 e. The van der Waals surface area contributed by atoms with Crippen LogP contribution >= 0.6 is 11.3 Å². The van der Waals surface area contributed by atoms with E-state index in [-0.39, 0.29) is 6.04 Å². The highest BCUT2D eigenvalue weighted by molar-refractivity contribution is 7.09. The normalized spacial score (nSPS) is 22.7. The number of hydrogen-bond donors (Lipinski definition) is 1. The Labute approximate surface area is 113 Å². The van der Waals surface area contributed by atoms with Gasteiger partial charge in [0.2, 0.25) is 0 Å². The van der Waals surface area contributed by atoms with Crippen LogP contribution in [0, 0.1) is 5.92 Å². The molecule has 1 heterocycles. The molecule has 2 aromatic rings. The largest absolute Gasteiger partial charge is 0.324 e. The third-order valence-corrected chi connectivity index (χ3v) is 4.98. The summed E-state index contributed by atoms with van der Waals surface area (Å²) in [7, 11) is 0. The molecule has 2 unspecified atom stereocenters. The zero-order chi connectivity index (χ0) is 12.4. The molecule has 2 N–H and O–H groups in total. The van der Waals surface area contributed by atoms with Gasteiger partial charge in [-0.25, -0.2) is 0 Å². The first kappa shape index (κ1) is 11.9. The highest BCUT2D eigenvalue weighted by Crippen LogP contribution is 2.35. The molecule has 0 amide bonds. The summed E-state index contributed by atoms with van der Waals surface area (Å²) in [5.41, 5.74) is 9.26. The average Bonchev–Trinajstić information content (AvgIpc) is 2.91. The highest BCUT2D eigenvalue weighted by atomic mass is 32.1. The van der Waals surface area contributed by atoms with E-state index in [9.17, 15) is 0 Å². The van der Waals surface area contributed by atoms with Gasteiger partial charge in [-0.1, -0.05) is 30.3 Å². The lowest BCUT2D eigenvalue weighted by atomic mass is 9.78. The van der Waals surface area contributed by atoms with Gasteiger partial charge in [-0.2, -0.15) is 0 Å². The van der Waals surface area contributed by atoms with Crippen molar-refractivity contribution in [1.29, 1.82) is 0 Å². The molecule has 1 aromatic carbocycles. The maximum atomic E-state index is 6.43. The molecule has 1 aliphatic rings. The van der Waals surface area contributed by atoms with Gasteiger partial charge in [0.25, 0.3) is 0 Å². The lowest BCUT2D eigenvalue weighted by Gasteiger charge is -2.31. The zero-order valence-corrected chi connectivity index (χ0v) is 11.3. The number of fused-ring (bicyclic) bond motifs is 1. The SMILES string of the molecule is NC1c2ccccc2CCC1CCc1cccs1. The molecule has 0 spiro atoms. The van der Waals surface area contributed by atoms with Gasteiger partial charge >= 0.3 is 0 Å². The zero-order valence-electron chi connectivity index (χ0n) is 10.5. The quantitative estimate of drug-likeness (QED) is 0.885. The van der Waals surface area contributed by atoms with Crippen molar-refractivity contribution >= 4 is 11.3 Å². The Morgan fingerprint density at radius 1 is 1.17 bits per heavy atom. The fourth-order valence-electron chi connectivity index (χ4n) is 2.97. The summed E-state index contributed by atoms with van der Waals surface area (Å²) in [6, 6.07) is 13.3. The number of aryl methyl sites for hydroxylation is 2. The molecule has 0 bridgehead atoms. The van der Waals surface area contributed by atoms with Gasteiger partial charge < -0.3 is 5.73 Å². The monoisotopic (exact) mass is 257 g/mol. The van der Waals surface area contributed by atoms with Crippen LogP contribution in [0.2, 0.25) is 0 Å². The second-order valence-corrected chi connectivity index (χ2v) is 6.17. The van der Waals surface area contributed by atoms with Crippen LogP contribution in [0.1, 0.15) is 34.9 Å². The second kappa shape index (κ2) is 5.25. The first-order chi connectivity index (χ1) is 8.84. The summed E-state index contributed by atoms with van der Waals surface area (Å²) in [6.07, 6.45) is 4.83. The van der Waals surface area contributed by atoms with Gasteiger partial charge in [-0.3, -0.25) is 0 Å². The van der Waals surface area contributed by atoms with Gasteiger partial charge in [0.05, 0.1) is 0 Å². The number of nitrogens with two attached hydrogens (primary N) is 1. The maximum absolute atomic E-state index is 6.43. The standard InChI is InChI=1S/C16H19NS/c17-16-13(9-10-14-5-3-11-18-14)8-7-12-4-1-2-6-15(12)16/h1-6,11,13,16H,7-10,17H2. The fourth-order valence-corrected chi connectivity index (χ4v) is 3.69. The minimum atomic E-state index is 0.231. The predicted octanol–water partition coefficient (Wildman–Crippen LogP) is 3.94. The molecule has 1 aromatic heterocycles. The maximum Gasteiger partial charge on any atom is 0.0326 e. The molecular weight excluding hydrogens is 238 g/mol. The molecule has 0 aliphatic heterocycles. The van der Waals surface area contributed by atoms with E-state index in [1.165, 1.54) is 41.7 Å². The van der Waals surface area contributed by atoms with E-state index < -0.39 is 0 Å². The molecule has 1 nitrogen and oxygen atoms in total. The highest BCUT2D eigenvalue weighted by Gasteiger charge is 2.25. The van der Waals surface area contributed by atoms with Crippen molar-refractivity contribution < 1.29 is 0 Å². The van der Waals surface area contributed by atoms with Gasteiger partial charge in [-0.15, -0.1) is 11.3 Å². The lowest BCUT2D eigenvalue weighted by molar-refractivity contribution is 0.356. The van der Waals surface area contributed by atoms with Gasteiger partial charge in [0.1, 0.15) is 0 Å². The van der Waals surface area contributed by atoms with E-state index in [0.717, 1.165) is 0 Å². The first-order valence-corrected chi connectivity index (χ1v) is 7.58. The van der Waals surface area contributed by atoms with Crippen molar-refractivity contribution in [1.82, 2.24) is 0 Å². The smallest absolute Gasteiger partial charge is 0.0326 e. The molecule has 2 atom stereocenters. The van der Waals surface area contributed by atoms with Crippen LogP contribution in [0.15, 0.2) is 41.8 Å². The van der Waals surface area contributed by atoms with Crippen LogP contribution in [-0.2, 0) is 12.8 Å². The average molecular weight is 257 g/mol. The van der Waals surface area contributed by atoms with Crippen LogP contribution in [0.3, 0.4) is 0 Å². The van der Waals surface area contributed by atoms with Crippen molar-refractivity contribution in [3.05, 3.63) is 57.8 Å². The Morgan fingerprint density at radius 2 is 2.06 bits per heavy atom. The van der Waals surface area contributed by atoms with Crippen molar-refractivity contribution in [2.45, 2.75) is 31.7 Å². The van der Waals surface area contributed by atoms with Crippen molar-refractivity contribution in [2.24, 2.45) is 11.7 Å². The Kier molecular flexibility index (Phi) is 3.48. The molecular formula is C16H19NS. The van der Waals surface area contributed by atoms with E-state index in [0.29, 0.717) is 5.92 Å². The van der Waals surface area contributed by atoms with Crippen molar-refractivity contribution in [3.63, 3.8) is 0 Å². The third kappa shape index (κ3) is 2.36. The molecule has 0 saturated heterocycles. The molecule has 0 radical (unpaired) electrons. The van der Waals surface area contributed by atoms with Gasteiger partial charge in [0.15, 0.2) is 0 Å². The summed E-state index contributed by atoms with van der Waals surface area (Å²) >= 11 is 1.86. The van der Waals surface area contributed by atoms with Crippen LogP contribution < -0.4 is 5.73 Å². The summed E-state index contributed by atoms with van der Waals surface area (Å²) in [5, 5.41) is 2.16. The Balaban J connectivity index is 1.69. The number of hydrogen-bond acceptors (Lipinski definition) is 2. The van der Waals surface area contributed by atoms with E-state index >= 15 is 0 Å². The number of rotatable bonds is 3. The van der Waals surface area contributed by atoms with Gasteiger partial charge in [0, 0.05) is 10.9 Å². The predicted molar refractivity (Wildman–Crippen MR) is 77.8 cm³/mol. The first-order valence-electron chi connectivity index (χ1n) is 6.70. The third-order valence-electron chi connectivity index (χ3n) is 4.05. The fraction of sp³-hybridized carbons (Fsp3) is 0.375. The summed E-state index contributed by atoms with van der Waals surface area (Å²) in [4.78, 5) is 1.49. The Bertz CT molecular complexity index is 504. The Morgan fingerprint density at radius 3 is 2.89 bits per heavy atom. The second-order valence-electron chi connectivity index (χ2n) is 5.14. The molecule has 2 heteroatoms. The molecule has 1 aliphatic carbocycles. The lowest BCUT2D eigenvalue weighted by Crippen LogP contribution is -2.27. The van der Waals surface area contributed by atoms with Crippen molar-refractivity contribution in [3.8, 4) is 0 Å².